The summed E-state index contributed by atoms with van der Waals surface area (Å²) in [5, 5.41) is -0.477. The third-order valence-corrected chi connectivity index (χ3v) is 6.59. The maximum absolute atomic E-state index is 12.8. The quantitative estimate of drug-likeness (QED) is 0.559. The summed E-state index contributed by atoms with van der Waals surface area (Å²) < 4.78 is 31.1. The van der Waals surface area contributed by atoms with Crippen LogP contribution in [0, 0.1) is 0 Å². The normalized spacial score (nSPS) is 22.4. The lowest BCUT2D eigenvalue weighted by molar-refractivity contribution is 0.128. The van der Waals surface area contributed by atoms with Crippen LogP contribution in [-0.4, -0.2) is 26.9 Å². The molecular formula is C18H26O3S. The Kier molecular flexibility index (Phi) is 6.21. The van der Waals surface area contributed by atoms with Gasteiger partial charge < -0.3 is 4.74 Å². The summed E-state index contributed by atoms with van der Waals surface area (Å²) in [6.45, 7) is 2.19. The van der Waals surface area contributed by atoms with Gasteiger partial charge in [0.05, 0.1) is 16.2 Å². The van der Waals surface area contributed by atoms with Crippen molar-refractivity contribution in [3.63, 3.8) is 0 Å². The number of benzene rings is 1. The van der Waals surface area contributed by atoms with E-state index in [2.05, 4.69) is 6.92 Å². The largest absolute Gasteiger partial charge is 0.376 e. The van der Waals surface area contributed by atoms with Gasteiger partial charge in [0.1, 0.15) is 0 Å². The van der Waals surface area contributed by atoms with Crippen LogP contribution in [0.2, 0.25) is 0 Å². The Labute approximate surface area is 134 Å². The van der Waals surface area contributed by atoms with Crippen LogP contribution in [0.15, 0.2) is 46.9 Å². The van der Waals surface area contributed by atoms with Crippen LogP contribution in [0.25, 0.3) is 0 Å². The SMILES string of the molecule is CCCCCC1=C[C@@H](OC)[C@H](S(=O)(=O)c2ccccc2)CC1. The number of allylic oxidation sites excluding steroid dienone is 1. The van der Waals surface area contributed by atoms with E-state index in [9.17, 15) is 8.42 Å². The second-order valence-corrected chi connectivity index (χ2v) is 8.08. The lowest BCUT2D eigenvalue weighted by atomic mass is 9.93. The van der Waals surface area contributed by atoms with E-state index in [4.69, 9.17) is 4.74 Å². The van der Waals surface area contributed by atoms with E-state index >= 15 is 0 Å². The topological polar surface area (TPSA) is 43.4 Å². The third kappa shape index (κ3) is 3.99. The highest BCUT2D eigenvalue weighted by Crippen LogP contribution is 2.31. The molecular weight excluding hydrogens is 296 g/mol. The van der Waals surface area contributed by atoms with Crippen LogP contribution in [-0.2, 0) is 14.6 Å². The number of unbranched alkanes of at least 4 members (excludes halogenated alkanes) is 2. The molecule has 1 aliphatic carbocycles. The molecule has 0 spiro atoms. The van der Waals surface area contributed by atoms with Crippen LogP contribution < -0.4 is 0 Å². The molecule has 1 aliphatic rings. The summed E-state index contributed by atoms with van der Waals surface area (Å²) in [5.74, 6) is 0. The smallest absolute Gasteiger partial charge is 0.184 e. The van der Waals surface area contributed by atoms with Gasteiger partial charge in [-0.25, -0.2) is 8.42 Å². The number of ether oxygens (including phenoxy) is 1. The van der Waals surface area contributed by atoms with Gasteiger partial charge in [-0.3, -0.25) is 0 Å². The molecule has 1 aromatic rings. The highest BCUT2D eigenvalue weighted by atomic mass is 32.2. The van der Waals surface area contributed by atoms with Gasteiger partial charge in [0, 0.05) is 7.11 Å². The first-order valence-electron chi connectivity index (χ1n) is 8.11. The molecule has 0 saturated heterocycles. The van der Waals surface area contributed by atoms with Crippen LogP contribution in [0.1, 0.15) is 45.4 Å². The molecule has 0 aromatic heterocycles. The molecule has 4 heteroatoms. The number of rotatable bonds is 7. The van der Waals surface area contributed by atoms with E-state index in [1.54, 1.807) is 31.4 Å². The Morgan fingerprint density at radius 2 is 1.91 bits per heavy atom. The maximum Gasteiger partial charge on any atom is 0.184 e. The first-order valence-corrected chi connectivity index (χ1v) is 9.65. The molecule has 0 N–H and O–H groups in total. The zero-order valence-corrected chi connectivity index (χ0v) is 14.3. The van der Waals surface area contributed by atoms with Crippen LogP contribution in [0.3, 0.4) is 0 Å². The summed E-state index contributed by atoms with van der Waals surface area (Å²) >= 11 is 0. The summed E-state index contributed by atoms with van der Waals surface area (Å²) in [5.41, 5.74) is 1.35. The van der Waals surface area contributed by atoms with Crippen LogP contribution in [0.4, 0.5) is 0 Å². The molecule has 0 radical (unpaired) electrons. The number of hydrogen-bond donors (Lipinski definition) is 0. The molecule has 0 unspecified atom stereocenters. The first kappa shape index (κ1) is 17.2. The lowest BCUT2D eigenvalue weighted by Crippen LogP contribution is -2.37. The van der Waals surface area contributed by atoms with Crippen molar-refractivity contribution in [2.75, 3.05) is 7.11 Å². The van der Waals surface area contributed by atoms with Gasteiger partial charge >= 0.3 is 0 Å². The minimum absolute atomic E-state index is 0.337. The average molecular weight is 322 g/mol. The first-order chi connectivity index (χ1) is 10.6. The van der Waals surface area contributed by atoms with Gasteiger partial charge in [0.15, 0.2) is 9.84 Å². The molecule has 1 aromatic carbocycles. The molecule has 0 saturated carbocycles. The van der Waals surface area contributed by atoms with Crippen LogP contribution in [0.5, 0.6) is 0 Å². The third-order valence-electron chi connectivity index (χ3n) is 4.36. The zero-order valence-electron chi connectivity index (χ0n) is 13.5. The Hall–Kier alpha value is -1.13. The predicted molar refractivity (Wildman–Crippen MR) is 89.7 cm³/mol. The van der Waals surface area contributed by atoms with E-state index in [-0.39, 0.29) is 6.10 Å². The van der Waals surface area contributed by atoms with Crippen molar-refractivity contribution in [1.82, 2.24) is 0 Å². The lowest BCUT2D eigenvalue weighted by Gasteiger charge is -2.29. The summed E-state index contributed by atoms with van der Waals surface area (Å²) in [6.07, 6.45) is 7.88. The van der Waals surface area contributed by atoms with Gasteiger partial charge in [-0.1, -0.05) is 49.6 Å². The average Bonchev–Trinajstić information content (AvgIpc) is 2.55. The number of methoxy groups -OCH3 is 1. The van der Waals surface area contributed by atoms with E-state index in [0.29, 0.717) is 11.3 Å². The standard InChI is InChI=1S/C18H26O3S/c1-3-4-6-9-15-12-13-18(17(14-15)21-2)22(19,20)16-10-7-5-8-11-16/h5,7-8,10-11,14,17-18H,3-4,6,9,12-13H2,1-2H3/t17-,18-/m1/s1. The minimum Gasteiger partial charge on any atom is -0.376 e. The summed E-state index contributed by atoms with van der Waals surface area (Å²) in [7, 11) is -1.74. The van der Waals surface area contributed by atoms with Crippen molar-refractivity contribution in [3.05, 3.63) is 42.0 Å². The second-order valence-electron chi connectivity index (χ2n) is 5.92. The molecule has 0 heterocycles. The minimum atomic E-state index is -3.34. The molecule has 2 rings (SSSR count). The van der Waals surface area contributed by atoms with Gasteiger partial charge in [0.25, 0.3) is 0 Å². The number of sulfone groups is 1. The Balaban J connectivity index is 2.16. The molecule has 22 heavy (non-hydrogen) atoms. The Morgan fingerprint density at radius 3 is 2.55 bits per heavy atom. The van der Waals surface area contributed by atoms with Gasteiger partial charge in [0.2, 0.25) is 0 Å². The second kappa shape index (κ2) is 7.93. The molecule has 2 atom stereocenters. The van der Waals surface area contributed by atoms with Crippen molar-refractivity contribution in [2.24, 2.45) is 0 Å². The Bertz CT molecular complexity index is 590. The molecule has 0 bridgehead atoms. The van der Waals surface area contributed by atoms with Gasteiger partial charge in [-0.15, -0.1) is 0 Å². The Morgan fingerprint density at radius 1 is 1.18 bits per heavy atom. The summed E-state index contributed by atoms with van der Waals surface area (Å²) in [6, 6.07) is 8.71. The maximum atomic E-state index is 12.8. The van der Waals surface area contributed by atoms with E-state index < -0.39 is 15.1 Å². The van der Waals surface area contributed by atoms with Crippen molar-refractivity contribution < 1.29 is 13.2 Å². The van der Waals surface area contributed by atoms with Crippen molar-refractivity contribution >= 4 is 9.84 Å². The van der Waals surface area contributed by atoms with Crippen molar-refractivity contribution in [1.29, 1.82) is 0 Å². The van der Waals surface area contributed by atoms with Crippen LogP contribution >= 0.6 is 0 Å². The predicted octanol–water partition coefficient (Wildman–Crippen LogP) is 4.14. The fraction of sp³-hybridized carbons (Fsp3) is 0.556. The molecule has 0 amide bonds. The van der Waals surface area contributed by atoms with Gasteiger partial charge in [-0.05, 0) is 37.8 Å². The summed E-state index contributed by atoms with van der Waals surface area (Å²) in [4.78, 5) is 0.393. The van der Waals surface area contributed by atoms with Crippen molar-refractivity contribution in [2.45, 2.75) is 61.7 Å². The number of hydrogen-bond acceptors (Lipinski definition) is 3. The van der Waals surface area contributed by atoms with Crippen molar-refractivity contribution in [3.8, 4) is 0 Å². The molecule has 0 aliphatic heterocycles. The fourth-order valence-corrected chi connectivity index (χ4v) is 4.92. The van der Waals surface area contributed by atoms with E-state index in [1.165, 1.54) is 24.8 Å². The highest BCUT2D eigenvalue weighted by molar-refractivity contribution is 7.92. The zero-order chi connectivity index (χ0) is 16.0. The highest BCUT2D eigenvalue weighted by Gasteiger charge is 2.36. The molecule has 0 fully saturated rings. The monoisotopic (exact) mass is 322 g/mol. The molecule has 122 valence electrons. The van der Waals surface area contributed by atoms with Gasteiger partial charge in [-0.2, -0.15) is 0 Å². The van der Waals surface area contributed by atoms with E-state index in [1.807, 2.05) is 12.1 Å². The fourth-order valence-electron chi connectivity index (χ4n) is 3.06. The van der Waals surface area contributed by atoms with E-state index in [0.717, 1.165) is 12.8 Å². The molecule has 3 nitrogen and oxygen atoms in total.